The fraction of sp³-hybridized carbons (Fsp3) is 0.300. The maximum atomic E-state index is 13.4. The lowest BCUT2D eigenvalue weighted by Gasteiger charge is -2.11. The van der Waals surface area contributed by atoms with Crippen molar-refractivity contribution in [1.29, 1.82) is 0 Å². The summed E-state index contributed by atoms with van der Waals surface area (Å²) >= 11 is 0. The highest BCUT2D eigenvalue weighted by Crippen LogP contribution is 2.30. The van der Waals surface area contributed by atoms with E-state index < -0.39 is 23.5 Å². The molecule has 5 heteroatoms. The second-order valence-corrected chi connectivity index (χ2v) is 3.11. The van der Waals surface area contributed by atoms with Crippen molar-refractivity contribution in [2.45, 2.75) is 12.8 Å². The van der Waals surface area contributed by atoms with Crippen LogP contribution in [-0.4, -0.2) is 23.3 Å². The minimum absolute atomic E-state index is 0.0978. The smallest absolute Gasteiger partial charge is 0.310 e. The number of aliphatic carboxylic acids is 1. The largest absolute Gasteiger partial charge is 0.505 e. The van der Waals surface area contributed by atoms with E-state index in [2.05, 4.69) is 0 Å². The molecule has 0 saturated heterocycles. The van der Waals surface area contributed by atoms with Crippen LogP contribution in [0.5, 0.6) is 11.5 Å². The lowest BCUT2D eigenvalue weighted by Crippen LogP contribution is -2.09. The van der Waals surface area contributed by atoms with Crippen LogP contribution in [0.1, 0.15) is 18.4 Å². The van der Waals surface area contributed by atoms with Gasteiger partial charge in [0.2, 0.25) is 0 Å². The van der Waals surface area contributed by atoms with Gasteiger partial charge in [-0.2, -0.15) is 0 Å². The number of methoxy groups -OCH3 is 1. The van der Waals surface area contributed by atoms with E-state index in [1.165, 1.54) is 20.1 Å². The molecule has 1 unspecified atom stereocenters. The highest BCUT2D eigenvalue weighted by atomic mass is 19.1. The van der Waals surface area contributed by atoms with Crippen molar-refractivity contribution in [3.05, 3.63) is 23.5 Å². The van der Waals surface area contributed by atoms with Crippen molar-refractivity contribution >= 4 is 5.97 Å². The van der Waals surface area contributed by atoms with Gasteiger partial charge in [0.1, 0.15) is 5.75 Å². The first kappa shape index (κ1) is 11.3. The molecule has 0 aliphatic carbocycles. The van der Waals surface area contributed by atoms with Gasteiger partial charge in [-0.15, -0.1) is 0 Å². The molecule has 0 fully saturated rings. The van der Waals surface area contributed by atoms with Crippen LogP contribution in [-0.2, 0) is 4.79 Å². The zero-order valence-corrected chi connectivity index (χ0v) is 8.32. The van der Waals surface area contributed by atoms with Crippen molar-refractivity contribution in [2.75, 3.05) is 7.11 Å². The molecular formula is C10H11FO4. The Morgan fingerprint density at radius 2 is 2.13 bits per heavy atom. The van der Waals surface area contributed by atoms with Crippen molar-refractivity contribution in [3.8, 4) is 11.5 Å². The Morgan fingerprint density at radius 1 is 1.53 bits per heavy atom. The van der Waals surface area contributed by atoms with Crippen molar-refractivity contribution < 1.29 is 24.1 Å². The van der Waals surface area contributed by atoms with Gasteiger partial charge in [0, 0.05) is 11.6 Å². The Labute approximate surface area is 85.9 Å². The third-order valence-electron chi connectivity index (χ3n) is 2.13. The standard InChI is InChI=1S/C10H11FO4/c1-5(10(13)14)7-3-6(15-2)4-8(12)9(7)11/h3-5,12H,1-2H3,(H,13,14). The predicted octanol–water partition coefficient (Wildman–Crippen LogP) is 1.73. The number of rotatable bonds is 3. The first-order valence-corrected chi connectivity index (χ1v) is 4.26. The Balaban J connectivity index is 3.27. The summed E-state index contributed by atoms with van der Waals surface area (Å²) < 4.78 is 18.2. The molecule has 15 heavy (non-hydrogen) atoms. The summed E-state index contributed by atoms with van der Waals surface area (Å²) in [6.45, 7) is 1.33. The van der Waals surface area contributed by atoms with Gasteiger partial charge in [0.05, 0.1) is 13.0 Å². The Bertz CT molecular complexity index is 389. The predicted molar refractivity (Wildman–Crippen MR) is 50.7 cm³/mol. The monoisotopic (exact) mass is 214 g/mol. The normalized spacial score (nSPS) is 12.2. The van der Waals surface area contributed by atoms with Gasteiger partial charge >= 0.3 is 5.97 Å². The number of halogens is 1. The first-order valence-electron chi connectivity index (χ1n) is 4.26. The highest BCUT2D eigenvalue weighted by molar-refractivity contribution is 5.76. The van der Waals surface area contributed by atoms with Crippen LogP contribution in [0.15, 0.2) is 12.1 Å². The molecule has 1 rings (SSSR count). The topological polar surface area (TPSA) is 66.8 Å². The fourth-order valence-corrected chi connectivity index (χ4v) is 1.17. The number of hydrogen-bond acceptors (Lipinski definition) is 3. The summed E-state index contributed by atoms with van der Waals surface area (Å²) in [6.07, 6.45) is 0. The molecule has 1 aromatic carbocycles. The zero-order chi connectivity index (χ0) is 11.6. The van der Waals surface area contributed by atoms with Gasteiger partial charge in [0.25, 0.3) is 0 Å². The van der Waals surface area contributed by atoms with Crippen molar-refractivity contribution in [3.63, 3.8) is 0 Å². The Hall–Kier alpha value is -1.78. The molecule has 0 spiro atoms. The van der Waals surface area contributed by atoms with Gasteiger partial charge in [-0.1, -0.05) is 0 Å². The van der Waals surface area contributed by atoms with Crippen LogP contribution < -0.4 is 4.74 Å². The molecule has 4 nitrogen and oxygen atoms in total. The van der Waals surface area contributed by atoms with Gasteiger partial charge in [-0.3, -0.25) is 4.79 Å². The summed E-state index contributed by atoms with van der Waals surface area (Å²) in [5.41, 5.74) is -0.0978. The van der Waals surface area contributed by atoms with E-state index in [9.17, 15) is 14.3 Å². The Kier molecular flexibility index (Phi) is 3.14. The van der Waals surface area contributed by atoms with Crippen LogP contribution in [0, 0.1) is 5.82 Å². The van der Waals surface area contributed by atoms with Crippen LogP contribution >= 0.6 is 0 Å². The summed E-state index contributed by atoms with van der Waals surface area (Å²) in [6, 6.07) is 2.35. The molecule has 0 radical (unpaired) electrons. The second-order valence-electron chi connectivity index (χ2n) is 3.11. The number of carboxylic acid groups (broad SMARTS) is 1. The van der Waals surface area contributed by atoms with E-state index in [4.69, 9.17) is 9.84 Å². The van der Waals surface area contributed by atoms with Crippen LogP contribution in [0.3, 0.4) is 0 Å². The van der Waals surface area contributed by atoms with E-state index in [1.54, 1.807) is 0 Å². The molecule has 1 aromatic rings. The average molecular weight is 214 g/mol. The SMILES string of the molecule is COc1cc(O)c(F)c(C(C)C(=O)O)c1. The molecule has 0 aromatic heterocycles. The third-order valence-corrected chi connectivity index (χ3v) is 2.13. The molecule has 0 aliphatic heterocycles. The maximum Gasteiger partial charge on any atom is 0.310 e. The number of phenols is 1. The van der Waals surface area contributed by atoms with E-state index in [1.807, 2.05) is 0 Å². The summed E-state index contributed by atoms with van der Waals surface area (Å²) in [5, 5.41) is 17.9. The van der Waals surface area contributed by atoms with Gasteiger partial charge in [0.15, 0.2) is 11.6 Å². The average Bonchev–Trinajstić information content (AvgIpc) is 2.20. The molecule has 2 N–H and O–H groups in total. The molecule has 1 atom stereocenters. The molecule has 0 heterocycles. The van der Waals surface area contributed by atoms with Crippen LogP contribution in [0.4, 0.5) is 4.39 Å². The number of carboxylic acids is 1. The molecule has 0 amide bonds. The number of ether oxygens (including phenoxy) is 1. The lowest BCUT2D eigenvalue weighted by atomic mass is 10.00. The first-order chi connectivity index (χ1) is 6.97. The van der Waals surface area contributed by atoms with Gasteiger partial charge < -0.3 is 14.9 Å². The number of benzene rings is 1. The highest BCUT2D eigenvalue weighted by Gasteiger charge is 2.21. The summed E-state index contributed by atoms with van der Waals surface area (Å²) in [7, 11) is 1.35. The van der Waals surface area contributed by atoms with E-state index in [0.29, 0.717) is 0 Å². The number of aromatic hydroxyl groups is 1. The lowest BCUT2D eigenvalue weighted by molar-refractivity contribution is -0.138. The summed E-state index contributed by atoms with van der Waals surface area (Å²) in [4.78, 5) is 10.7. The quantitative estimate of drug-likeness (QED) is 0.804. The molecule has 0 saturated carbocycles. The van der Waals surface area contributed by atoms with Gasteiger partial charge in [-0.25, -0.2) is 4.39 Å². The van der Waals surface area contributed by atoms with Crippen LogP contribution in [0.25, 0.3) is 0 Å². The Morgan fingerprint density at radius 3 is 2.60 bits per heavy atom. The fourth-order valence-electron chi connectivity index (χ4n) is 1.17. The van der Waals surface area contributed by atoms with E-state index >= 15 is 0 Å². The number of carbonyl (C=O) groups is 1. The number of hydrogen-bond donors (Lipinski definition) is 2. The maximum absolute atomic E-state index is 13.4. The van der Waals surface area contributed by atoms with Crippen molar-refractivity contribution in [1.82, 2.24) is 0 Å². The number of phenolic OH excluding ortho intramolecular Hbond substituents is 1. The second kappa shape index (κ2) is 4.16. The van der Waals surface area contributed by atoms with Gasteiger partial charge in [-0.05, 0) is 13.0 Å². The van der Waals surface area contributed by atoms with Crippen LogP contribution in [0.2, 0.25) is 0 Å². The minimum atomic E-state index is -1.17. The third kappa shape index (κ3) is 2.18. The van der Waals surface area contributed by atoms with E-state index in [0.717, 1.165) is 6.07 Å². The van der Waals surface area contributed by atoms with Crippen molar-refractivity contribution in [2.24, 2.45) is 0 Å². The minimum Gasteiger partial charge on any atom is -0.505 e. The molecule has 82 valence electrons. The summed E-state index contributed by atoms with van der Waals surface area (Å²) in [5.74, 6) is -3.52. The zero-order valence-electron chi connectivity index (χ0n) is 8.32. The molecule has 0 aliphatic rings. The molecule has 0 bridgehead atoms. The van der Waals surface area contributed by atoms with E-state index in [-0.39, 0.29) is 11.3 Å². The molecular weight excluding hydrogens is 203 g/mol.